The van der Waals surface area contributed by atoms with Gasteiger partial charge >= 0.3 is 0 Å². The van der Waals surface area contributed by atoms with Crippen LogP contribution in [-0.4, -0.2) is 95.1 Å². The first-order valence-corrected chi connectivity index (χ1v) is 18.7. The fourth-order valence-electron chi connectivity index (χ4n) is 6.92. The molecule has 266 valence electrons. The number of hydrogen-bond acceptors (Lipinski definition) is 10. The quantitative estimate of drug-likeness (QED) is 0.348. The first kappa shape index (κ1) is 34.0. The van der Waals surface area contributed by atoms with E-state index in [-0.39, 0.29) is 31.2 Å². The second kappa shape index (κ2) is 13.3. The Bertz CT molecular complexity index is 1950. The molecule has 2 saturated carbocycles. The summed E-state index contributed by atoms with van der Waals surface area (Å²) in [7, 11) is -2.26. The van der Waals surface area contributed by atoms with E-state index in [1.165, 1.54) is 4.90 Å². The van der Waals surface area contributed by atoms with E-state index >= 15 is 0 Å². The van der Waals surface area contributed by atoms with Crippen molar-refractivity contribution in [1.29, 1.82) is 0 Å². The number of ether oxygens (including phenoxy) is 3. The third kappa shape index (κ3) is 6.55. The van der Waals surface area contributed by atoms with Gasteiger partial charge in [-0.25, -0.2) is 18.1 Å². The molecule has 3 aromatic rings. The molecule has 4 aliphatic rings. The van der Waals surface area contributed by atoms with E-state index in [4.69, 9.17) is 19.2 Å². The second-order valence-corrected chi connectivity index (χ2v) is 15.5. The number of methoxy groups -OCH3 is 1. The number of aromatic nitrogens is 3. The van der Waals surface area contributed by atoms with Gasteiger partial charge in [0, 0.05) is 48.4 Å². The molecule has 2 aliphatic heterocycles. The van der Waals surface area contributed by atoms with Gasteiger partial charge in [0.25, 0.3) is 11.8 Å². The van der Waals surface area contributed by atoms with E-state index in [2.05, 4.69) is 15.1 Å². The van der Waals surface area contributed by atoms with Gasteiger partial charge in [0.15, 0.2) is 5.82 Å². The molecule has 2 N–H and O–H groups in total. The van der Waals surface area contributed by atoms with Crippen molar-refractivity contribution in [2.45, 2.75) is 87.8 Å². The number of carbonyl (C=O) groups is 3. The molecular formula is C35H42N6O8S. The highest BCUT2D eigenvalue weighted by Crippen LogP contribution is 2.46. The summed E-state index contributed by atoms with van der Waals surface area (Å²) in [5, 5.41) is 7.35. The van der Waals surface area contributed by atoms with Crippen LogP contribution in [0.15, 0.2) is 48.8 Å². The number of fused-ring (bicyclic) bond motifs is 3. The highest BCUT2D eigenvalue weighted by Gasteiger charge is 2.62. The molecule has 5 atom stereocenters. The van der Waals surface area contributed by atoms with Crippen LogP contribution in [0.2, 0.25) is 0 Å². The average molecular weight is 707 g/mol. The topological polar surface area (TPSA) is 171 Å². The number of allylic oxidation sites excluding steroid dienone is 1. The molecule has 0 spiro atoms. The molecule has 7 rings (SSSR count). The fraction of sp³-hybridized carbons (Fsp3) is 0.514. The van der Waals surface area contributed by atoms with Crippen LogP contribution in [0, 0.1) is 12.8 Å². The van der Waals surface area contributed by atoms with E-state index in [9.17, 15) is 22.8 Å². The number of aryl methyl sites for hydroxylation is 1. The smallest absolute Gasteiger partial charge is 0.259 e. The van der Waals surface area contributed by atoms with E-state index in [1.54, 1.807) is 43.2 Å². The Kier molecular flexibility index (Phi) is 9.05. The lowest BCUT2D eigenvalue weighted by Crippen LogP contribution is -2.57. The standard InChI is InChI=1S/C35H42N6O8S/c1-21-28(47-3)13-12-26-29(18-30(37-31(21)26)41-15-8-14-36-41)49-24-17-27-32(42)38-35(34(44)39-50(45,46)25-10-11-25)19-23(35)9-6-4-5-7-16-48-22(2)33(43)40(27)20-24/h6,8-9,12-15,18,22-25,27H,4-5,7,10-11,16-17,19-20H2,1-3H3,(H,38,42)(H,39,44). The number of nitrogens with zero attached hydrogens (tertiary/aromatic N) is 4. The Morgan fingerprint density at radius 2 is 2.00 bits per heavy atom. The molecule has 4 heterocycles. The van der Waals surface area contributed by atoms with E-state index in [1.807, 2.05) is 31.2 Å². The molecule has 3 amide bonds. The maximum absolute atomic E-state index is 14.2. The van der Waals surface area contributed by atoms with Crippen molar-refractivity contribution in [3.05, 3.63) is 54.4 Å². The summed E-state index contributed by atoms with van der Waals surface area (Å²) in [5.74, 6) is -0.403. The van der Waals surface area contributed by atoms with Crippen LogP contribution in [0.1, 0.15) is 57.4 Å². The lowest BCUT2D eigenvalue weighted by molar-refractivity contribution is -0.147. The Morgan fingerprint density at radius 1 is 1.18 bits per heavy atom. The zero-order valence-corrected chi connectivity index (χ0v) is 29.1. The summed E-state index contributed by atoms with van der Waals surface area (Å²) in [6, 6.07) is 6.25. The predicted molar refractivity (Wildman–Crippen MR) is 182 cm³/mol. The lowest BCUT2D eigenvalue weighted by Gasteiger charge is -2.28. The van der Waals surface area contributed by atoms with Crippen molar-refractivity contribution < 1.29 is 37.0 Å². The number of carbonyl (C=O) groups excluding carboxylic acids is 3. The minimum absolute atomic E-state index is 0.0826. The van der Waals surface area contributed by atoms with Gasteiger partial charge in [-0.3, -0.25) is 19.1 Å². The summed E-state index contributed by atoms with van der Waals surface area (Å²) in [5.41, 5.74) is 0.0175. The van der Waals surface area contributed by atoms with Crippen molar-refractivity contribution in [3.63, 3.8) is 0 Å². The summed E-state index contributed by atoms with van der Waals surface area (Å²) >= 11 is 0. The highest BCUT2D eigenvalue weighted by molar-refractivity contribution is 7.91. The van der Waals surface area contributed by atoms with Crippen LogP contribution < -0.4 is 19.5 Å². The zero-order valence-electron chi connectivity index (χ0n) is 28.3. The molecule has 14 nitrogen and oxygen atoms in total. The van der Waals surface area contributed by atoms with Gasteiger partial charge in [0.05, 0.1) is 24.4 Å². The predicted octanol–water partition coefficient (Wildman–Crippen LogP) is 2.71. The molecule has 2 aliphatic carbocycles. The third-order valence-electron chi connectivity index (χ3n) is 10.0. The Balaban J connectivity index is 1.20. The first-order chi connectivity index (χ1) is 24.0. The molecule has 0 radical (unpaired) electrons. The van der Waals surface area contributed by atoms with Crippen molar-refractivity contribution >= 4 is 38.6 Å². The van der Waals surface area contributed by atoms with Crippen LogP contribution in [-0.2, 0) is 29.1 Å². The van der Waals surface area contributed by atoms with Crippen molar-refractivity contribution in [1.82, 2.24) is 29.7 Å². The number of hydrogen-bond donors (Lipinski definition) is 2. The maximum atomic E-state index is 14.2. The molecule has 3 fully saturated rings. The highest BCUT2D eigenvalue weighted by atomic mass is 32.2. The van der Waals surface area contributed by atoms with Crippen molar-refractivity contribution in [3.8, 4) is 17.3 Å². The maximum Gasteiger partial charge on any atom is 0.259 e. The van der Waals surface area contributed by atoms with Crippen LogP contribution in [0.25, 0.3) is 16.7 Å². The number of sulfonamides is 1. The first-order valence-electron chi connectivity index (χ1n) is 17.1. The summed E-state index contributed by atoms with van der Waals surface area (Å²) in [6.45, 7) is 4.03. The number of benzene rings is 1. The van der Waals surface area contributed by atoms with Crippen LogP contribution in [0.3, 0.4) is 0 Å². The molecule has 0 bridgehead atoms. The van der Waals surface area contributed by atoms with Crippen molar-refractivity contribution in [2.24, 2.45) is 5.92 Å². The minimum Gasteiger partial charge on any atom is -0.496 e. The second-order valence-electron chi connectivity index (χ2n) is 13.6. The largest absolute Gasteiger partial charge is 0.496 e. The molecule has 50 heavy (non-hydrogen) atoms. The Hall–Kier alpha value is -4.50. The molecule has 5 unspecified atom stereocenters. The summed E-state index contributed by atoms with van der Waals surface area (Å²) in [4.78, 5) is 48.0. The van der Waals surface area contributed by atoms with E-state index < -0.39 is 50.9 Å². The van der Waals surface area contributed by atoms with Gasteiger partial charge in [0.2, 0.25) is 15.9 Å². The minimum atomic E-state index is -3.85. The number of amides is 3. The lowest BCUT2D eigenvalue weighted by atomic mass is 10.1. The van der Waals surface area contributed by atoms with Crippen LogP contribution >= 0.6 is 0 Å². The van der Waals surface area contributed by atoms with Gasteiger partial charge in [-0.2, -0.15) is 5.10 Å². The number of pyridine rings is 1. The molecule has 2 aromatic heterocycles. The number of rotatable bonds is 7. The van der Waals surface area contributed by atoms with Gasteiger partial charge in [-0.15, -0.1) is 0 Å². The van der Waals surface area contributed by atoms with E-state index in [0.29, 0.717) is 42.3 Å². The molecular weight excluding hydrogens is 664 g/mol. The number of nitrogens with one attached hydrogen (secondary N) is 2. The third-order valence-corrected chi connectivity index (χ3v) is 11.9. The van der Waals surface area contributed by atoms with Crippen LogP contribution in [0.4, 0.5) is 0 Å². The SMILES string of the molecule is COc1ccc2c(OC3CC4C(=O)NC5(C(=O)NS(=O)(=O)C6CC6)CC5C=CCCCCOC(C)C(=O)N4C3)cc(-n3cccn3)nc2c1C. The normalized spacial score (nSPS) is 27.5. The molecule has 1 saturated heterocycles. The van der Waals surface area contributed by atoms with Crippen molar-refractivity contribution in [2.75, 3.05) is 20.3 Å². The Morgan fingerprint density at radius 3 is 2.74 bits per heavy atom. The summed E-state index contributed by atoms with van der Waals surface area (Å²) in [6.07, 6.45) is 9.43. The van der Waals surface area contributed by atoms with E-state index in [0.717, 1.165) is 30.2 Å². The van der Waals surface area contributed by atoms with Gasteiger partial charge < -0.3 is 24.4 Å². The van der Waals surface area contributed by atoms with Crippen LogP contribution in [0.5, 0.6) is 11.5 Å². The monoisotopic (exact) mass is 706 g/mol. The summed E-state index contributed by atoms with van der Waals surface area (Å²) < 4.78 is 47.4. The zero-order chi connectivity index (χ0) is 35.2. The fourth-order valence-corrected chi connectivity index (χ4v) is 8.28. The van der Waals surface area contributed by atoms with Gasteiger partial charge in [-0.1, -0.05) is 12.2 Å². The molecule has 1 aromatic carbocycles. The van der Waals surface area contributed by atoms with Gasteiger partial charge in [-0.05, 0) is 70.6 Å². The average Bonchev–Trinajstić information content (AvgIpc) is 3.96. The van der Waals surface area contributed by atoms with Gasteiger partial charge in [0.1, 0.15) is 35.3 Å². The Labute approximate surface area is 290 Å². The molecule has 15 heteroatoms.